The van der Waals surface area contributed by atoms with Gasteiger partial charge in [-0.2, -0.15) is 0 Å². The predicted octanol–water partition coefficient (Wildman–Crippen LogP) is 1.84. The highest BCUT2D eigenvalue weighted by molar-refractivity contribution is 5.72. The number of nitrogens with zero attached hydrogens (tertiary/aromatic N) is 1. The molecule has 0 amide bonds. The number of esters is 1. The molecule has 1 aromatic rings. The molecule has 1 aliphatic heterocycles. The van der Waals surface area contributed by atoms with Crippen LogP contribution in [0.25, 0.3) is 0 Å². The molecule has 0 radical (unpaired) electrons. The molecule has 5 heteroatoms. The molecule has 0 saturated carbocycles. The van der Waals surface area contributed by atoms with E-state index in [2.05, 4.69) is 4.90 Å². The highest BCUT2D eigenvalue weighted by Gasteiger charge is 2.26. The molecule has 128 valence electrons. The Morgan fingerprint density at radius 2 is 2.00 bits per heavy atom. The second-order valence-corrected chi connectivity index (χ2v) is 5.98. The van der Waals surface area contributed by atoms with Crippen molar-refractivity contribution in [2.75, 3.05) is 32.8 Å². The lowest BCUT2D eigenvalue weighted by atomic mass is 9.97. The fraction of sp³-hybridized carbons (Fsp3) is 0.611. The van der Waals surface area contributed by atoms with Crippen molar-refractivity contribution >= 4 is 5.97 Å². The van der Waals surface area contributed by atoms with Gasteiger partial charge in [0.1, 0.15) is 0 Å². The van der Waals surface area contributed by atoms with E-state index in [1.54, 1.807) is 0 Å². The Hall–Kier alpha value is -1.43. The molecule has 1 atom stereocenters. The second-order valence-electron chi connectivity index (χ2n) is 5.98. The van der Waals surface area contributed by atoms with Crippen molar-refractivity contribution in [3.05, 3.63) is 35.9 Å². The minimum atomic E-state index is -0.502. The number of rotatable bonds is 8. The van der Waals surface area contributed by atoms with E-state index in [1.807, 2.05) is 37.3 Å². The second kappa shape index (κ2) is 9.65. The van der Waals surface area contributed by atoms with Crippen LogP contribution in [-0.2, 0) is 20.9 Å². The number of hydrogen-bond acceptors (Lipinski definition) is 5. The third-order valence-corrected chi connectivity index (χ3v) is 4.10. The molecule has 1 heterocycles. The number of piperidine rings is 1. The molecule has 1 aromatic carbocycles. The number of aliphatic hydroxyl groups excluding tert-OH is 1. The van der Waals surface area contributed by atoms with E-state index in [0.29, 0.717) is 26.4 Å². The quantitative estimate of drug-likeness (QED) is 0.740. The zero-order valence-electron chi connectivity index (χ0n) is 13.8. The molecule has 1 N–H and O–H groups in total. The molecular weight excluding hydrogens is 294 g/mol. The number of hydrogen-bond donors (Lipinski definition) is 1. The minimum absolute atomic E-state index is 0.0117. The molecule has 0 spiro atoms. The van der Waals surface area contributed by atoms with Crippen LogP contribution in [0.1, 0.15) is 25.3 Å². The highest BCUT2D eigenvalue weighted by atomic mass is 16.5. The van der Waals surface area contributed by atoms with Crippen LogP contribution in [0.5, 0.6) is 0 Å². The molecule has 23 heavy (non-hydrogen) atoms. The van der Waals surface area contributed by atoms with Crippen LogP contribution >= 0.6 is 0 Å². The summed E-state index contributed by atoms with van der Waals surface area (Å²) in [7, 11) is 0. The Labute approximate surface area is 138 Å². The first-order valence-electron chi connectivity index (χ1n) is 8.37. The van der Waals surface area contributed by atoms with Gasteiger partial charge in [0.25, 0.3) is 0 Å². The van der Waals surface area contributed by atoms with Gasteiger partial charge in [-0.25, -0.2) is 0 Å². The van der Waals surface area contributed by atoms with Gasteiger partial charge in [-0.1, -0.05) is 30.3 Å². The van der Waals surface area contributed by atoms with Crippen LogP contribution < -0.4 is 0 Å². The number of likely N-dealkylation sites (tertiary alicyclic amines) is 1. The van der Waals surface area contributed by atoms with Crippen molar-refractivity contribution in [2.45, 2.75) is 32.5 Å². The summed E-state index contributed by atoms with van der Waals surface area (Å²) in [6.07, 6.45) is 1.10. The van der Waals surface area contributed by atoms with Crippen molar-refractivity contribution in [3.63, 3.8) is 0 Å². The number of aliphatic hydroxyl groups is 1. The molecular formula is C18H27NO4. The Morgan fingerprint density at radius 3 is 2.65 bits per heavy atom. The van der Waals surface area contributed by atoms with Crippen LogP contribution in [0, 0.1) is 5.92 Å². The minimum Gasteiger partial charge on any atom is -0.466 e. The number of carbonyl (C=O) groups excluding carboxylic acids is 1. The Bertz CT molecular complexity index is 457. The summed E-state index contributed by atoms with van der Waals surface area (Å²) in [6.45, 7) is 5.34. The van der Waals surface area contributed by atoms with Crippen LogP contribution in [0.4, 0.5) is 0 Å². The van der Waals surface area contributed by atoms with E-state index >= 15 is 0 Å². The average molecular weight is 321 g/mol. The van der Waals surface area contributed by atoms with Crippen LogP contribution in [0.3, 0.4) is 0 Å². The Balaban J connectivity index is 1.61. The first-order chi connectivity index (χ1) is 11.2. The van der Waals surface area contributed by atoms with E-state index in [1.165, 1.54) is 0 Å². The normalized spacial score (nSPS) is 17.8. The molecule has 0 bridgehead atoms. The lowest BCUT2D eigenvalue weighted by molar-refractivity contribution is -0.149. The maximum atomic E-state index is 11.7. The van der Waals surface area contributed by atoms with Gasteiger partial charge in [-0.15, -0.1) is 0 Å². The first kappa shape index (κ1) is 17.9. The highest BCUT2D eigenvalue weighted by Crippen LogP contribution is 2.18. The van der Waals surface area contributed by atoms with E-state index in [0.717, 1.165) is 31.5 Å². The molecule has 1 aliphatic rings. The molecule has 1 fully saturated rings. The molecule has 1 saturated heterocycles. The maximum absolute atomic E-state index is 11.7. The Morgan fingerprint density at radius 1 is 1.30 bits per heavy atom. The first-order valence-corrected chi connectivity index (χ1v) is 8.37. The third kappa shape index (κ3) is 6.29. The van der Waals surface area contributed by atoms with Gasteiger partial charge in [-0.3, -0.25) is 4.79 Å². The fourth-order valence-electron chi connectivity index (χ4n) is 2.85. The summed E-state index contributed by atoms with van der Waals surface area (Å²) < 4.78 is 10.6. The van der Waals surface area contributed by atoms with Crippen molar-refractivity contribution in [2.24, 2.45) is 5.92 Å². The standard InChI is InChI=1S/C18H27NO4/c1-2-23-18(21)16-8-10-19(11-9-16)12-17(20)14-22-13-15-6-4-3-5-7-15/h3-7,16-17,20H,2,8-14H2,1H3/t17-/m0/s1. The zero-order valence-corrected chi connectivity index (χ0v) is 13.8. The largest absolute Gasteiger partial charge is 0.466 e. The van der Waals surface area contributed by atoms with Crippen molar-refractivity contribution in [1.82, 2.24) is 4.90 Å². The lowest BCUT2D eigenvalue weighted by Crippen LogP contribution is -2.41. The van der Waals surface area contributed by atoms with E-state index < -0.39 is 6.10 Å². The van der Waals surface area contributed by atoms with Gasteiger partial charge in [0, 0.05) is 6.54 Å². The van der Waals surface area contributed by atoms with Gasteiger partial charge in [0.2, 0.25) is 0 Å². The van der Waals surface area contributed by atoms with Crippen LogP contribution in [-0.4, -0.2) is 54.9 Å². The summed E-state index contributed by atoms with van der Waals surface area (Å²) in [5.41, 5.74) is 1.11. The fourth-order valence-corrected chi connectivity index (χ4v) is 2.85. The zero-order chi connectivity index (χ0) is 16.5. The molecule has 2 rings (SSSR count). The van der Waals surface area contributed by atoms with Gasteiger partial charge < -0.3 is 19.5 Å². The van der Waals surface area contributed by atoms with Gasteiger partial charge >= 0.3 is 5.97 Å². The average Bonchev–Trinajstić information content (AvgIpc) is 2.57. The van der Waals surface area contributed by atoms with Crippen molar-refractivity contribution in [3.8, 4) is 0 Å². The summed E-state index contributed by atoms with van der Waals surface area (Å²) in [5, 5.41) is 10.1. The maximum Gasteiger partial charge on any atom is 0.309 e. The summed E-state index contributed by atoms with van der Waals surface area (Å²) >= 11 is 0. The van der Waals surface area contributed by atoms with Gasteiger partial charge in [-0.05, 0) is 38.4 Å². The monoisotopic (exact) mass is 321 g/mol. The number of ether oxygens (including phenoxy) is 2. The number of carbonyl (C=O) groups is 1. The SMILES string of the molecule is CCOC(=O)C1CCN(C[C@H](O)COCc2ccccc2)CC1. The topological polar surface area (TPSA) is 59.0 Å². The molecule has 5 nitrogen and oxygen atoms in total. The van der Waals surface area contributed by atoms with Crippen molar-refractivity contribution in [1.29, 1.82) is 0 Å². The Kier molecular flexibility index (Phi) is 7.52. The van der Waals surface area contributed by atoms with E-state index in [-0.39, 0.29) is 11.9 Å². The number of β-amino-alcohol motifs (C(OH)–C–C–N with tert-alkyl or cyclic N) is 1. The molecule has 0 aromatic heterocycles. The summed E-state index contributed by atoms with van der Waals surface area (Å²) in [6, 6.07) is 9.93. The van der Waals surface area contributed by atoms with Crippen LogP contribution in [0.2, 0.25) is 0 Å². The van der Waals surface area contributed by atoms with E-state index in [4.69, 9.17) is 9.47 Å². The third-order valence-electron chi connectivity index (χ3n) is 4.10. The smallest absolute Gasteiger partial charge is 0.309 e. The summed E-state index contributed by atoms with van der Waals surface area (Å²) in [5.74, 6) is -0.0726. The predicted molar refractivity (Wildman–Crippen MR) is 87.9 cm³/mol. The molecule has 0 aliphatic carbocycles. The van der Waals surface area contributed by atoms with Crippen molar-refractivity contribution < 1.29 is 19.4 Å². The number of benzene rings is 1. The molecule has 0 unspecified atom stereocenters. The van der Waals surface area contributed by atoms with Gasteiger partial charge in [0.15, 0.2) is 0 Å². The summed E-state index contributed by atoms with van der Waals surface area (Å²) in [4.78, 5) is 13.9. The lowest BCUT2D eigenvalue weighted by Gasteiger charge is -2.32. The van der Waals surface area contributed by atoms with Crippen LogP contribution in [0.15, 0.2) is 30.3 Å². The van der Waals surface area contributed by atoms with E-state index in [9.17, 15) is 9.90 Å². The van der Waals surface area contributed by atoms with Gasteiger partial charge in [0.05, 0.1) is 31.8 Å².